The van der Waals surface area contributed by atoms with Crippen LogP contribution in [0.1, 0.15) is 42.1 Å². The summed E-state index contributed by atoms with van der Waals surface area (Å²) in [4.78, 5) is 12.4. The SMILES string of the molecule is CCCCNC(=O)c1ccc(OC)c(S(=O)(=O)N2CCCc3ccccc32)c1. The van der Waals surface area contributed by atoms with Gasteiger partial charge in [0.15, 0.2) is 0 Å². The number of methoxy groups -OCH3 is 1. The summed E-state index contributed by atoms with van der Waals surface area (Å²) in [6.07, 6.45) is 3.43. The molecule has 0 fully saturated rings. The van der Waals surface area contributed by atoms with E-state index in [2.05, 4.69) is 5.32 Å². The topological polar surface area (TPSA) is 75.7 Å². The Kier molecular flexibility index (Phi) is 6.24. The maximum absolute atomic E-state index is 13.5. The summed E-state index contributed by atoms with van der Waals surface area (Å²) in [5, 5.41) is 2.82. The molecule has 0 spiro atoms. The quantitative estimate of drug-likeness (QED) is 0.721. The number of hydrogen-bond acceptors (Lipinski definition) is 4. The fourth-order valence-corrected chi connectivity index (χ4v) is 5.09. The van der Waals surface area contributed by atoms with Gasteiger partial charge in [0, 0.05) is 18.7 Å². The molecule has 0 bridgehead atoms. The molecule has 7 heteroatoms. The van der Waals surface area contributed by atoms with Crippen LogP contribution in [0.2, 0.25) is 0 Å². The van der Waals surface area contributed by atoms with Crippen LogP contribution < -0.4 is 14.4 Å². The van der Waals surface area contributed by atoms with Crippen LogP contribution in [0.25, 0.3) is 0 Å². The molecule has 1 aliphatic rings. The summed E-state index contributed by atoms with van der Waals surface area (Å²) < 4.78 is 33.7. The van der Waals surface area contributed by atoms with Crippen molar-refractivity contribution in [1.29, 1.82) is 0 Å². The smallest absolute Gasteiger partial charge is 0.268 e. The fraction of sp³-hybridized carbons (Fsp3) is 0.381. The summed E-state index contributed by atoms with van der Waals surface area (Å²) in [7, 11) is -2.44. The van der Waals surface area contributed by atoms with Crippen LogP contribution >= 0.6 is 0 Å². The number of nitrogens with zero attached hydrogens (tertiary/aromatic N) is 1. The van der Waals surface area contributed by atoms with Crippen LogP contribution in [-0.4, -0.2) is 34.5 Å². The summed E-state index contributed by atoms with van der Waals surface area (Å²) in [5.41, 5.74) is 2.00. The molecule has 0 unspecified atom stereocenters. The van der Waals surface area contributed by atoms with Crippen LogP contribution in [0.15, 0.2) is 47.4 Å². The van der Waals surface area contributed by atoms with Crippen molar-refractivity contribution in [3.8, 4) is 5.75 Å². The molecule has 1 aliphatic heterocycles. The van der Waals surface area contributed by atoms with Crippen LogP contribution in [0.3, 0.4) is 0 Å². The van der Waals surface area contributed by atoms with E-state index >= 15 is 0 Å². The van der Waals surface area contributed by atoms with Gasteiger partial charge >= 0.3 is 0 Å². The highest BCUT2D eigenvalue weighted by Gasteiger charge is 2.32. The van der Waals surface area contributed by atoms with Crippen LogP contribution in [-0.2, 0) is 16.4 Å². The molecule has 150 valence electrons. The standard InChI is InChI=1S/C21H26N2O4S/c1-3-4-13-22-21(24)17-11-12-19(27-2)20(15-17)28(25,26)23-14-7-9-16-8-5-6-10-18(16)23/h5-6,8,10-12,15H,3-4,7,9,13-14H2,1-2H3,(H,22,24). The normalized spacial score (nSPS) is 13.7. The third kappa shape index (κ3) is 3.99. The minimum Gasteiger partial charge on any atom is -0.495 e. The van der Waals surface area contributed by atoms with Crippen molar-refractivity contribution in [2.75, 3.05) is 24.5 Å². The number of ether oxygens (including phenoxy) is 1. The monoisotopic (exact) mass is 402 g/mol. The molecule has 1 N–H and O–H groups in total. The molecule has 2 aromatic rings. The first-order valence-electron chi connectivity index (χ1n) is 9.56. The number of carbonyl (C=O) groups excluding carboxylic acids is 1. The van der Waals surface area contributed by atoms with E-state index in [1.165, 1.54) is 23.5 Å². The third-order valence-corrected chi connectivity index (χ3v) is 6.71. The van der Waals surface area contributed by atoms with Gasteiger partial charge in [0.05, 0.1) is 12.8 Å². The second-order valence-corrected chi connectivity index (χ2v) is 8.62. The number of anilines is 1. The first-order valence-corrected chi connectivity index (χ1v) is 11.0. The second-order valence-electron chi connectivity index (χ2n) is 6.78. The number of unbranched alkanes of at least 4 members (excludes halogenated alkanes) is 1. The Morgan fingerprint density at radius 1 is 1.21 bits per heavy atom. The Hall–Kier alpha value is -2.54. The predicted molar refractivity (Wildman–Crippen MR) is 110 cm³/mol. The molecule has 0 saturated heterocycles. The Balaban J connectivity index is 1.99. The van der Waals surface area contributed by atoms with Crippen molar-refractivity contribution in [3.05, 3.63) is 53.6 Å². The largest absolute Gasteiger partial charge is 0.495 e. The minimum absolute atomic E-state index is 0.00912. The molecular weight excluding hydrogens is 376 g/mol. The number of aryl methyl sites for hydroxylation is 1. The number of para-hydroxylation sites is 1. The highest BCUT2D eigenvalue weighted by Crippen LogP contribution is 2.35. The van der Waals surface area contributed by atoms with E-state index in [0.29, 0.717) is 24.3 Å². The lowest BCUT2D eigenvalue weighted by Crippen LogP contribution is -2.36. The summed E-state index contributed by atoms with van der Waals surface area (Å²) in [6.45, 7) is 3.00. The molecule has 28 heavy (non-hydrogen) atoms. The Bertz CT molecular complexity index is 957. The van der Waals surface area contributed by atoms with E-state index in [0.717, 1.165) is 31.2 Å². The molecule has 0 radical (unpaired) electrons. The Morgan fingerprint density at radius 3 is 2.75 bits per heavy atom. The maximum Gasteiger partial charge on any atom is 0.268 e. The number of nitrogens with one attached hydrogen (secondary N) is 1. The summed E-state index contributed by atoms with van der Waals surface area (Å²) in [5.74, 6) is -0.0558. The van der Waals surface area contributed by atoms with E-state index in [1.54, 1.807) is 6.07 Å². The Labute approximate surface area is 166 Å². The van der Waals surface area contributed by atoms with Crippen molar-refractivity contribution in [1.82, 2.24) is 5.32 Å². The average Bonchev–Trinajstić information content (AvgIpc) is 2.72. The van der Waals surface area contributed by atoms with Gasteiger partial charge in [-0.1, -0.05) is 31.5 Å². The first kappa shape index (κ1) is 20.2. The van der Waals surface area contributed by atoms with Gasteiger partial charge in [-0.05, 0) is 49.1 Å². The van der Waals surface area contributed by atoms with Crippen molar-refractivity contribution in [2.24, 2.45) is 0 Å². The van der Waals surface area contributed by atoms with Crippen LogP contribution in [0, 0.1) is 0 Å². The molecule has 3 rings (SSSR count). The molecule has 0 saturated carbocycles. The van der Waals surface area contributed by atoms with Crippen molar-refractivity contribution in [2.45, 2.75) is 37.5 Å². The van der Waals surface area contributed by atoms with Crippen LogP contribution in [0.4, 0.5) is 5.69 Å². The zero-order valence-corrected chi connectivity index (χ0v) is 17.1. The van der Waals surface area contributed by atoms with Crippen molar-refractivity contribution >= 4 is 21.6 Å². The predicted octanol–water partition coefficient (Wildman–Crippen LogP) is 3.37. The van der Waals surface area contributed by atoms with Crippen molar-refractivity contribution < 1.29 is 17.9 Å². The molecular formula is C21H26N2O4S. The van der Waals surface area contributed by atoms with Gasteiger partial charge in [-0.2, -0.15) is 0 Å². The first-order chi connectivity index (χ1) is 13.5. The summed E-state index contributed by atoms with van der Waals surface area (Å²) >= 11 is 0. The lowest BCUT2D eigenvalue weighted by molar-refractivity contribution is 0.0953. The number of fused-ring (bicyclic) bond motifs is 1. The van der Waals surface area contributed by atoms with E-state index in [4.69, 9.17) is 4.74 Å². The average molecular weight is 403 g/mol. The zero-order chi connectivity index (χ0) is 20.1. The maximum atomic E-state index is 13.5. The number of hydrogen-bond donors (Lipinski definition) is 1. The molecule has 0 aromatic heterocycles. The van der Waals surface area contributed by atoms with Gasteiger partial charge in [-0.25, -0.2) is 8.42 Å². The number of amides is 1. The van der Waals surface area contributed by atoms with Gasteiger partial charge in [0.1, 0.15) is 10.6 Å². The van der Waals surface area contributed by atoms with Gasteiger partial charge in [0.2, 0.25) is 0 Å². The fourth-order valence-electron chi connectivity index (χ4n) is 3.37. The van der Waals surface area contributed by atoms with E-state index in [9.17, 15) is 13.2 Å². The molecule has 0 atom stereocenters. The van der Waals surface area contributed by atoms with Crippen molar-refractivity contribution in [3.63, 3.8) is 0 Å². The number of carbonyl (C=O) groups is 1. The number of sulfonamides is 1. The molecule has 2 aromatic carbocycles. The lowest BCUT2D eigenvalue weighted by atomic mass is 10.0. The van der Waals surface area contributed by atoms with E-state index < -0.39 is 10.0 Å². The third-order valence-electron chi connectivity index (χ3n) is 4.88. The Morgan fingerprint density at radius 2 is 2.00 bits per heavy atom. The van der Waals surface area contributed by atoms with Crippen LogP contribution in [0.5, 0.6) is 5.75 Å². The zero-order valence-electron chi connectivity index (χ0n) is 16.3. The minimum atomic E-state index is -3.87. The molecule has 0 aliphatic carbocycles. The molecule has 6 nitrogen and oxygen atoms in total. The number of benzene rings is 2. The van der Waals surface area contributed by atoms with Gasteiger partial charge in [-0.15, -0.1) is 0 Å². The van der Waals surface area contributed by atoms with Gasteiger partial charge < -0.3 is 10.1 Å². The second kappa shape index (κ2) is 8.65. The highest BCUT2D eigenvalue weighted by molar-refractivity contribution is 7.93. The lowest BCUT2D eigenvalue weighted by Gasteiger charge is -2.31. The molecule has 1 amide bonds. The molecule has 1 heterocycles. The van der Waals surface area contributed by atoms with E-state index in [1.807, 2.05) is 31.2 Å². The summed E-state index contributed by atoms with van der Waals surface area (Å²) in [6, 6.07) is 12.1. The van der Waals surface area contributed by atoms with Gasteiger partial charge in [0.25, 0.3) is 15.9 Å². The highest BCUT2D eigenvalue weighted by atomic mass is 32.2. The number of rotatable bonds is 7. The van der Waals surface area contributed by atoms with Gasteiger partial charge in [-0.3, -0.25) is 9.10 Å². The van der Waals surface area contributed by atoms with E-state index in [-0.39, 0.29) is 16.6 Å².